The lowest BCUT2D eigenvalue weighted by atomic mass is 10.1. The number of sulfonamides is 1. The van der Waals surface area contributed by atoms with Gasteiger partial charge in [-0.3, -0.25) is 9.52 Å². The van der Waals surface area contributed by atoms with Gasteiger partial charge in [0, 0.05) is 11.3 Å². The van der Waals surface area contributed by atoms with Crippen LogP contribution in [0.2, 0.25) is 0 Å². The van der Waals surface area contributed by atoms with E-state index in [0.29, 0.717) is 11.3 Å². The van der Waals surface area contributed by atoms with Crippen LogP contribution in [0.15, 0.2) is 54.6 Å². The summed E-state index contributed by atoms with van der Waals surface area (Å²) >= 11 is 0. The van der Waals surface area contributed by atoms with Crippen molar-refractivity contribution in [2.45, 2.75) is 13.0 Å². The zero-order valence-electron chi connectivity index (χ0n) is 12.4. The summed E-state index contributed by atoms with van der Waals surface area (Å²) in [6.45, 7) is 1.91. The van der Waals surface area contributed by atoms with Crippen molar-refractivity contribution in [3.63, 3.8) is 0 Å². The Morgan fingerprint density at radius 2 is 1.59 bits per heavy atom. The van der Waals surface area contributed by atoms with Crippen LogP contribution in [0.1, 0.15) is 28.9 Å². The van der Waals surface area contributed by atoms with Gasteiger partial charge in [0.25, 0.3) is 5.91 Å². The van der Waals surface area contributed by atoms with Gasteiger partial charge in [0.1, 0.15) is 0 Å². The fourth-order valence-electron chi connectivity index (χ4n) is 2.01. The standard InChI is InChI=1S/C16H18N2O3S/c1-12(13-6-4-3-5-7-13)17-16(19)14-8-10-15(11-9-14)18-22(2,20)21/h3-12,18H,1-2H3,(H,17,19)/t12-/m1/s1. The molecule has 22 heavy (non-hydrogen) atoms. The van der Waals surface area contributed by atoms with Gasteiger partial charge < -0.3 is 5.32 Å². The summed E-state index contributed by atoms with van der Waals surface area (Å²) in [5, 5.41) is 2.90. The van der Waals surface area contributed by atoms with Crippen molar-refractivity contribution in [1.29, 1.82) is 0 Å². The second-order valence-electron chi connectivity index (χ2n) is 5.06. The number of benzene rings is 2. The molecule has 0 aliphatic heterocycles. The largest absolute Gasteiger partial charge is 0.346 e. The van der Waals surface area contributed by atoms with Crippen LogP contribution < -0.4 is 10.0 Å². The molecule has 0 saturated heterocycles. The topological polar surface area (TPSA) is 75.3 Å². The molecule has 2 aromatic carbocycles. The number of anilines is 1. The minimum atomic E-state index is -3.32. The lowest BCUT2D eigenvalue weighted by Crippen LogP contribution is -2.26. The van der Waals surface area contributed by atoms with Gasteiger partial charge >= 0.3 is 0 Å². The van der Waals surface area contributed by atoms with Gasteiger partial charge in [0.15, 0.2) is 0 Å². The van der Waals surface area contributed by atoms with E-state index in [4.69, 9.17) is 0 Å². The van der Waals surface area contributed by atoms with Crippen molar-refractivity contribution in [2.24, 2.45) is 0 Å². The molecular weight excluding hydrogens is 300 g/mol. The lowest BCUT2D eigenvalue weighted by molar-refractivity contribution is 0.0940. The maximum absolute atomic E-state index is 12.2. The fraction of sp³-hybridized carbons (Fsp3) is 0.188. The van der Waals surface area contributed by atoms with E-state index in [-0.39, 0.29) is 11.9 Å². The molecule has 0 fully saturated rings. The average molecular weight is 318 g/mol. The first-order valence-corrected chi connectivity index (χ1v) is 8.68. The summed E-state index contributed by atoms with van der Waals surface area (Å²) < 4.78 is 24.6. The summed E-state index contributed by atoms with van der Waals surface area (Å²) in [4.78, 5) is 12.2. The van der Waals surface area contributed by atoms with Gasteiger partial charge in [-0.2, -0.15) is 0 Å². The lowest BCUT2D eigenvalue weighted by Gasteiger charge is -2.14. The Bertz CT molecular complexity index is 741. The van der Waals surface area contributed by atoms with Crippen molar-refractivity contribution in [3.8, 4) is 0 Å². The summed E-state index contributed by atoms with van der Waals surface area (Å²) in [5.74, 6) is -0.206. The van der Waals surface area contributed by atoms with Crippen LogP contribution in [0.5, 0.6) is 0 Å². The summed E-state index contributed by atoms with van der Waals surface area (Å²) in [6, 6.07) is 15.8. The highest BCUT2D eigenvalue weighted by Crippen LogP contribution is 2.14. The number of carbonyl (C=O) groups is 1. The molecule has 0 aromatic heterocycles. The average Bonchev–Trinajstić information content (AvgIpc) is 2.47. The second-order valence-corrected chi connectivity index (χ2v) is 6.81. The molecule has 0 aliphatic carbocycles. The predicted molar refractivity (Wildman–Crippen MR) is 87.2 cm³/mol. The quantitative estimate of drug-likeness (QED) is 0.889. The predicted octanol–water partition coefficient (Wildman–Crippen LogP) is 2.55. The number of amides is 1. The number of carbonyl (C=O) groups excluding carboxylic acids is 1. The van der Waals surface area contributed by atoms with Crippen LogP contribution in [0.3, 0.4) is 0 Å². The van der Waals surface area contributed by atoms with Crippen LogP contribution in [-0.2, 0) is 10.0 Å². The summed E-state index contributed by atoms with van der Waals surface area (Å²) in [5.41, 5.74) is 1.92. The normalized spacial score (nSPS) is 12.5. The zero-order chi connectivity index (χ0) is 16.2. The van der Waals surface area contributed by atoms with Crippen molar-refractivity contribution >= 4 is 21.6 Å². The van der Waals surface area contributed by atoms with Crippen LogP contribution in [0.25, 0.3) is 0 Å². The Hall–Kier alpha value is -2.34. The Morgan fingerprint density at radius 3 is 2.14 bits per heavy atom. The van der Waals surface area contributed by atoms with Gasteiger partial charge in [-0.25, -0.2) is 8.42 Å². The zero-order valence-corrected chi connectivity index (χ0v) is 13.2. The third kappa shape index (κ3) is 4.60. The highest BCUT2D eigenvalue weighted by atomic mass is 32.2. The highest BCUT2D eigenvalue weighted by Gasteiger charge is 2.11. The van der Waals surface area contributed by atoms with Crippen LogP contribution in [-0.4, -0.2) is 20.6 Å². The molecule has 5 nitrogen and oxygen atoms in total. The smallest absolute Gasteiger partial charge is 0.251 e. The Morgan fingerprint density at radius 1 is 1.00 bits per heavy atom. The monoisotopic (exact) mass is 318 g/mol. The van der Waals surface area contributed by atoms with E-state index in [1.165, 1.54) is 0 Å². The molecule has 0 spiro atoms. The first-order chi connectivity index (χ1) is 10.3. The van der Waals surface area contributed by atoms with E-state index < -0.39 is 10.0 Å². The third-order valence-electron chi connectivity index (χ3n) is 3.10. The van der Waals surface area contributed by atoms with Crippen molar-refractivity contribution < 1.29 is 13.2 Å². The van der Waals surface area contributed by atoms with E-state index in [1.54, 1.807) is 24.3 Å². The number of hydrogen-bond donors (Lipinski definition) is 2. The first kappa shape index (κ1) is 16.0. The molecule has 2 rings (SSSR count). The van der Waals surface area contributed by atoms with Gasteiger partial charge in [0.2, 0.25) is 10.0 Å². The van der Waals surface area contributed by atoms with E-state index in [1.807, 2.05) is 37.3 Å². The molecule has 0 heterocycles. The molecule has 0 aliphatic rings. The first-order valence-electron chi connectivity index (χ1n) is 6.79. The molecule has 2 N–H and O–H groups in total. The molecule has 0 radical (unpaired) electrons. The molecule has 0 saturated carbocycles. The number of hydrogen-bond acceptors (Lipinski definition) is 3. The minimum Gasteiger partial charge on any atom is -0.346 e. The Labute approximate surface area is 130 Å². The minimum absolute atomic E-state index is 0.109. The SMILES string of the molecule is C[C@@H](NC(=O)c1ccc(NS(C)(=O)=O)cc1)c1ccccc1. The van der Waals surface area contributed by atoms with Crippen LogP contribution in [0.4, 0.5) is 5.69 Å². The highest BCUT2D eigenvalue weighted by molar-refractivity contribution is 7.92. The van der Waals surface area contributed by atoms with E-state index in [0.717, 1.165) is 11.8 Å². The van der Waals surface area contributed by atoms with Crippen LogP contribution in [0, 0.1) is 0 Å². The number of nitrogens with one attached hydrogen (secondary N) is 2. The van der Waals surface area contributed by atoms with Crippen LogP contribution >= 0.6 is 0 Å². The number of rotatable bonds is 5. The molecule has 6 heteroatoms. The molecule has 0 bridgehead atoms. The van der Waals surface area contributed by atoms with E-state index >= 15 is 0 Å². The molecule has 1 amide bonds. The second kappa shape index (κ2) is 6.62. The van der Waals surface area contributed by atoms with Gasteiger partial charge in [-0.15, -0.1) is 0 Å². The van der Waals surface area contributed by atoms with Gasteiger partial charge in [-0.05, 0) is 36.8 Å². The van der Waals surface area contributed by atoms with Gasteiger partial charge in [0.05, 0.1) is 12.3 Å². The summed E-state index contributed by atoms with van der Waals surface area (Å²) in [6.07, 6.45) is 1.08. The van der Waals surface area contributed by atoms with E-state index in [2.05, 4.69) is 10.0 Å². The third-order valence-corrected chi connectivity index (χ3v) is 3.70. The summed E-state index contributed by atoms with van der Waals surface area (Å²) in [7, 11) is -3.32. The molecular formula is C16H18N2O3S. The Balaban J connectivity index is 2.04. The molecule has 2 aromatic rings. The maximum atomic E-state index is 12.2. The van der Waals surface area contributed by atoms with Crippen molar-refractivity contribution in [1.82, 2.24) is 5.32 Å². The maximum Gasteiger partial charge on any atom is 0.251 e. The van der Waals surface area contributed by atoms with E-state index in [9.17, 15) is 13.2 Å². The Kier molecular flexibility index (Phi) is 4.82. The van der Waals surface area contributed by atoms with Gasteiger partial charge in [-0.1, -0.05) is 30.3 Å². The van der Waals surface area contributed by atoms with Crippen molar-refractivity contribution in [2.75, 3.05) is 11.0 Å². The molecule has 116 valence electrons. The van der Waals surface area contributed by atoms with Crippen molar-refractivity contribution in [3.05, 3.63) is 65.7 Å². The molecule has 0 unspecified atom stereocenters. The fourth-order valence-corrected chi connectivity index (χ4v) is 2.57. The molecule has 1 atom stereocenters.